The topological polar surface area (TPSA) is 88.6 Å². The molecule has 0 fully saturated rings. The third kappa shape index (κ3) is 7.32. The Hall–Kier alpha value is -2.26. The fourth-order valence-corrected chi connectivity index (χ4v) is 2.46. The molecule has 0 heterocycles. The largest absolute Gasteiger partial charge is 0.389 e. The predicted molar refractivity (Wildman–Crippen MR) is 113 cm³/mol. The molecule has 0 amide bonds. The third-order valence-electron chi connectivity index (χ3n) is 3.45. The van der Waals surface area contributed by atoms with Gasteiger partial charge < -0.3 is 31.5 Å². The Morgan fingerprint density at radius 2 is 1.04 bits per heavy atom. The van der Waals surface area contributed by atoms with E-state index < -0.39 is 12.2 Å². The van der Waals surface area contributed by atoms with Gasteiger partial charge in [-0.15, -0.1) is 0 Å². The lowest BCUT2D eigenvalue weighted by molar-refractivity contribution is 0.0262. The van der Waals surface area contributed by atoms with Crippen molar-refractivity contribution in [1.82, 2.24) is 10.6 Å². The lowest BCUT2D eigenvalue weighted by atomic mass is 10.2. The van der Waals surface area contributed by atoms with Crippen LogP contribution in [-0.4, -0.2) is 45.7 Å². The van der Waals surface area contributed by atoms with Gasteiger partial charge in [0.05, 0.1) is 12.2 Å². The minimum Gasteiger partial charge on any atom is -0.389 e. The van der Waals surface area contributed by atoms with E-state index >= 15 is 0 Å². The van der Waals surface area contributed by atoms with Crippen molar-refractivity contribution in [3.8, 4) is 0 Å². The quantitative estimate of drug-likeness (QED) is 0.398. The molecule has 0 bridgehead atoms. The Balaban J connectivity index is 1.66. The molecule has 0 aliphatic rings. The number of hydrogen-bond acceptors (Lipinski definition) is 4. The molecule has 0 saturated heterocycles. The Labute approximate surface area is 163 Å². The molecule has 2 atom stereocenters. The molecule has 0 aromatic heterocycles. The van der Waals surface area contributed by atoms with Crippen LogP contribution in [0, 0.1) is 0 Å². The number of anilines is 2. The monoisotopic (exact) mass is 390 g/mol. The molecule has 0 radical (unpaired) electrons. The molecule has 6 nitrogen and oxygen atoms in total. The first kappa shape index (κ1) is 20.1. The molecule has 8 heteroatoms. The molecule has 138 valence electrons. The van der Waals surface area contributed by atoms with Crippen molar-refractivity contribution in [2.24, 2.45) is 0 Å². The van der Waals surface area contributed by atoms with Gasteiger partial charge in [0.15, 0.2) is 10.2 Å². The van der Waals surface area contributed by atoms with Crippen LogP contribution in [0.5, 0.6) is 0 Å². The van der Waals surface area contributed by atoms with Gasteiger partial charge in [-0.25, -0.2) is 0 Å². The molecule has 6 N–H and O–H groups in total. The number of rotatable bonds is 7. The molecule has 2 aromatic rings. The Morgan fingerprint density at radius 3 is 1.38 bits per heavy atom. The zero-order valence-electron chi connectivity index (χ0n) is 14.1. The zero-order chi connectivity index (χ0) is 18.8. The summed E-state index contributed by atoms with van der Waals surface area (Å²) >= 11 is 10.3. The lowest BCUT2D eigenvalue weighted by Gasteiger charge is -2.20. The van der Waals surface area contributed by atoms with Crippen LogP contribution in [0.1, 0.15) is 0 Å². The highest BCUT2D eigenvalue weighted by molar-refractivity contribution is 7.80. The van der Waals surface area contributed by atoms with E-state index in [0.29, 0.717) is 10.2 Å². The fraction of sp³-hybridized carbons (Fsp3) is 0.222. The second kappa shape index (κ2) is 10.7. The summed E-state index contributed by atoms with van der Waals surface area (Å²) in [6.45, 7) is 0.223. The van der Waals surface area contributed by atoms with Gasteiger partial charge >= 0.3 is 0 Å². The second-order valence-electron chi connectivity index (χ2n) is 5.54. The van der Waals surface area contributed by atoms with Gasteiger partial charge in [-0.2, -0.15) is 0 Å². The maximum absolute atomic E-state index is 10.0. The first-order valence-electron chi connectivity index (χ1n) is 8.10. The van der Waals surface area contributed by atoms with Gasteiger partial charge in [0.1, 0.15) is 0 Å². The van der Waals surface area contributed by atoms with Crippen LogP contribution in [0.3, 0.4) is 0 Å². The van der Waals surface area contributed by atoms with Crippen LogP contribution in [-0.2, 0) is 0 Å². The van der Waals surface area contributed by atoms with Crippen molar-refractivity contribution in [1.29, 1.82) is 0 Å². The zero-order valence-corrected chi connectivity index (χ0v) is 15.7. The van der Waals surface area contributed by atoms with E-state index in [1.807, 2.05) is 60.7 Å². The van der Waals surface area contributed by atoms with E-state index in [4.69, 9.17) is 24.4 Å². The summed E-state index contributed by atoms with van der Waals surface area (Å²) in [6.07, 6.45) is -2.00. The molecule has 0 aliphatic carbocycles. The molecule has 26 heavy (non-hydrogen) atoms. The molecule has 0 saturated carbocycles. The maximum atomic E-state index is 10.0. The minimum absolute atomic E-state index is 0.111. The average Bonchev–Trinajstić information content (AvgIpc) is 2.65. The van der Waals surface area contributed by atoms with Gasteiger partial charge in [0.2, 0.25) is 0 Å². The first-order valence-corrected chi connectivity index (χ1v) is 8.92. The summed E-state index contributed by atoms with van der Waals surface area (Å²) in [5, 5.41) is 32.5. The highest BCUT2D eigenvalue weighted by atomic mass is 32.1. The van der Waals surface area contributed by atoms with E-state index in [-0.39, 0.29) is 13.1 Å². The lowest BCUT2D eigenvalue weighted by Crippen LogP contribution is -2.46. The number of nitrogens with one attached hydrogen (secondary N) is 4. The van der Waals surface area contributed by atoms with Gasteiger partial charge in [-0.1, -0.05) is 36.4 Å². The van der Waals surface area contributed by atoms with Crippen LogP contribution >= 0.6 is 24.4 Å². The molecule has 0 spiro atoms. The summed E-state index contributed by atoms with van der Waals surface area (Å²) in [5.41, 5.74) is 1.69. The molecule has 2 rings (SSSR count). The van der Waals surface area contributed by atoms with Crippen LogP contribution < -0.4 is 21.3 Å². The van der Waals surface area contributed by atoms with Crippen molar-refractivity contribution in [3.05, 3.63) is 60.7 Å². The van der Waals surface area contributed by atoms with Gasteiger partial charge in [-0.05, 0) is 48.7 Å². The van der Waals surface area contributed by atoms with E-state index in [1.165, 1.54) is 0 Å². The Morgan fingerprint density at radius 1 is 0.692 bits per heavy atom. The first-order chi connectivity index (χ1) is 12.5. The van der Waals surface area contributed by atoms with Crippen molar-refractivity contribution >= 4 is 46.0 Å². The van der Waals surface area contributed by atoms with E-state index in [2.05, 4.69) is 21.3 Å². The number of para-hydroxylation sites is 2. The highest BCUT2D eigenvalue weighted by Crippen LogP contribution is 2.05. The number of hydrogen-bond donors (Lipinski definition) is 6. The summed E-state index contributed by atoms with van der Waals surface area (Å²) < 4.78 is 0. The van der Waals surface area contributed by atoms with Gasteiger partial charge in [-0.3, -0.25) is 0 Å². The number of aliphatic hydroxyl groups excluding tert-OH is 2. The van der Waals surface area contributed by atoms with Crippen molar-refractivity contribution in [2.75, 3.05) is 23.7 Å². The van der Waals surface area contributed by atoms with E-state index in [9.17, 15) is 10.2 Å². The average molecular weight is 391 g/mol. The van der Waals surface area contributed by atoms with E-state index in [0.717, 1.165) is 11.4 Å². The summed E-state index contributed by atoms with van der Waals surface area (Å²) in [4.78, 5) is 0. The predicted octanol–water partition coefficient (Wildman–Crippen LogP) is 1.68. The van der Waals surface area contributed by atoms with Crippen LogP contribution in [0.15, 0.2) is 60.7 Å². The molecule has 2 aromatic carbocycles. The smallest absolute Gasteiger partial charge is 0.170 e. The second-order valence-corrected chi connectivity index (χ2v) is 6.35. The molecular weight excluding hydrogens is 368 g/mol. The molecule has 0 aliphatic heterocycles. The minimum atomic E-state index is -1.00. The summed E-state index contributed by atoms with van der Waals surface area (Å²) in [6, 6.07) is 18.9. The Kier molecular flexibility index (Phi) is 8.23. The highest BCUT2D eigenvalue weighted by Gasteiger charge is 2.16. The van der Waals surface area contributed by atoms with Gasteiger partial charge in [0.25, 0.3) is 0 Å². The standard InChI is InChI=1S/C18H22N4O2S2/c23-15(11-19-17(25)21-13-7-3-1-4-8-13)16(24)12-20-18(26)22-14-9-5-2-6-10-14/h1-10,15-16,23-24H,11-12H2,(H2,19,21,25)(H2,20,22,26)/t15-,16+. The Bertz CT molecular complexity index is 639. The number of aliphatic hydroxyl groups is 2. The summed E-state index contributed by atoms with van der Waals surface area (Å²) in [5.74, 6) is 0. The van der Waals surface area contributed by atoms with Crippen LogP contribution in [0.4, 0.5) is 11.4 Å². The maximum Gasteiger partial charge on any atom is 0.170 e. The third-order valence-corrected chi connectivity index (χ3v) is 3.94. The van der Waals surface area contributed by atoms with Gasteiger partial charge in [0, 0.05) is 24.5 Å². The SMILES string of the molecule is O[C@H](CNC(=S)Nc1ccccc1)[C@@H](O)CNC(=S)Nc1ccccc1. The van der Waals surface area contributed by atoms with Crippen LogP contribution in [0.25, 0.3) is 0 Å². The fourth-order valence-electron chi connectivity index (χ4n) is 2.06. The molecule has 0 unspecified atom stereocenters. The van der Waals surface area contributed by atoms with Crippen molar-refractivity contribution in [3.63, 3.8) is 0 Å². The van der Waals surface area contributed by atoms with Crippen LogP contribution in [0.2, 0.25) is 0 Å². The van der Waals surface area contributed by atoms with Crippen molar-refractivity contribution < 1.29 is 10.2 Å². The van der Waals surface area contributed by atoms with Crippen molar-refractivity contribution in [2.45, 2.75) is 12.2 Å². The molecular formula is C18H22N4O2S2. The van der Waals surface area contributed by atoms with E-state index in [1.54, 1.807) is 0 Å². The normalized spacial score (nSPS) is 12.5. The number of thiocarbonyl (C=S) groups is 2. The summed E-state index contributed by atoms with van der Waals surface area (Å²) in [7, 11) is 0. The number of benzene rings is 2.